The predicted octanol–water partition coefficient (Wildman–Crippen LogP) is 2.01. The van der Waals surface area contributed by atoms with E-state index in [1.165, 1.54) is 4.90 Å². The van der Waals surface area contributed by atoms with E-state index in [-0.39, 0.29) is 6.54 Å². The summed E-state index contributed by atoms with van der Waals surface area (Å²) < 4.78 is 0. The molecule has 5 heteroatoms. The third kappa shape index (κ3) is 5.02. The Balaban J connectivity index is 2.73. The molecule has 5 nitrogen and oxygen atoms in total. The molecule has 0 aliphatic carbocycles. The van der Waals surface area contributed by atoms with Gasteiger partial charge >= 0.3 is 12.0 Å². The zero-order chi connectivity index (χ0) is 15.0. The molecule has 0 heterocycles. The van der Waals surface area contributed by atoms with E-state index in [0.29, 0.717) is 25.1 Å². The fraction of sp³-hybridized carbons (Fsp3) is 0.333. The second-order valence-electron chi connectivity index (χ2n) is 4.36. The van der Waals surface area contributed by atoms with Gasteiger partial charge in [0.1, 0.15) is 6.54 Å². The second-order valence-corrected chi connectivity index (χ2v) is 4.36. The fourth-order valence-electron chi connectivity index (χ4n) is 1.62. The van der Waals surface area contributed by atoms with E-state index in [0.717, 1.165) is 5.56 Å². The Hall–Kier alpha value is -2.48. The molecule has 2 N–H and O–H groups in total. The highest BCUT2D eigenvalue weighted by atomic mass is 16.4. The number of nitrogens with one attached hydrogen (secondary N) is 1. The maximum atomic E-state index is 12.0. The summed E-state index contributed by atoms with van der Waals surface area (Å²) in [5, 5.41) is 11.6. The van der Waals surface area contributed by atoms with Gasteiger partial charge in [-0.3, -0.25) is 9.69 Å². The molecule has 0 unspecified atom stereocenters. The lowest BCUT2D eigenvalue weighted by molar-refractivity contribution is -0.135. The third-order valence-electron chi connectivity index (χ3n) is 2.66. The van der Waals surface area contributed by atoms with Crippen LogP contribution in [0.1, 0.15) is 18.4 Å². The molecule has 1 rings (SSSR count). The number of carbonyl (C=O) groups excluding carboxylic acids is 1. The van der Waals surface area contributed by atoms with E-state index in [1.54, 1.807) is 12.1 Å². The molecule has 2 amide bonds. The number of benzene rings is 1. The maximum Gasteiger partial charge on any atom is 0.323 e. The van der Waals surface area contributed by atoms with Crippen LogP contribution in [0.5, 0.6) is 0 Å². The van der Waals surface area contributed by atoms with E-state index in [1.807, 2.05) is 19.1 Å². The highest BCUT2D eigenvalue weighted by molar-refractivity contribution is 5.96. The van der Waals surface area contributed by atoms with Crippen LogP contribution in [0.4, 0.5) is 10.5 Å². The molecule has 106 valence electrons. The number of amides is 2. The van der Waals surface area contributed by atoms with Crippen molar-refractivity contribution in [2.75, 3.05) is 18.0 Å². The standard InChI is InChI=1S/C15H18N2O3/c1-3-4-5-10-16-15(20)17(11-14(18)19)13-8-6-12(2)7-9-13/h1,6-9H,4-5,10-11H2,2H3,(H,16,20)(H,18,19). The number of aryl methyl sites for hydroxylation is 1. The van der Waals surface area contributed by atoms with Crippen LogP contribution in [0.2, 0.25) is 0 Å². The first-order chi connectivity index (χ1) is 9.54. The van der Waals surface area contributed by atoms with Crippen molar-refractivity contribution in [3.63, 3.8) is 0 Å². The average Bonchev–Trinajstić information content (AvgIpc) is 2.42. The quantitative estimate of drug-likeness (QED) is 0.616. The van der Waals surface area contributed by atoms with Gasteiger partial charge in [0.25, 0.3) is 0 Å². The number of carbonyl (C=O) groups is 2. The number of hydrogen-bond donors (Lipinski definition) is 2. The molecular weight excluding hydrogens is 256 g/mol. The van der Waals surface area contributed by atoms with Crippen LogP contribution in [0, 0.1) is 19.3 Å². The van der Waals surface area contributed by atoms with Crippen LogP contribution in [-0.2, 0) is 4.79 Å². The van der Waals surface area contributed by atoms with Crippen molar-refractivity contribution in [3.8, 4) is 12.3 Å². The highest BCUT2D eigenvalue weighted by Crippen LogP contribution is 2.15. The summed E-state index contributed by atoms with van der Waals surface area (Å²) >= 11 is 0. The van der Waals surface area contributed by atoms with Crippen LogP contribution in [0.25, 0.3) is 0 Å². The van der Waals surface area contributed by atoms with Gasteiger partial charge in [0, 0.05) is 18.7 Å². The van der Waals surface area contributed by atoms with Gasteiger partial charge in [-0.05, 0) is 25.5 Å². The first-order valence-corrected chi connectivity index (χ1v) is 6.32. The smallest absolute Gasteiger partial charge is 0.323 e. The van der Waals surface area contributed by atoms with E-state index in [4.69, 9.17) is 11.5 Å². The van der Waals surface area contributed by atoms with Gasteiger partial charge in [-0.2, -0.15) is 0 Å². The van der Waals surface area contributed by atoms with Crippen LogP contribution >= 0.6 is 0 Å². The topological polar surface area (TPSA) is 69.6 Å². The second kappa shape index (κ2) is 7.85. The van der Waals surface area contributed by atoms with Crippen molar-refractivity contribution in [1.82, 2.24) is 5.32 Å². The Kier molecular flexibility index (Phi) is 6.11. The molecule has 0 bridgehead atoms. The molecule has 0 aliphatic rings. The molecular formula is C15H18N2O3. The molecule has 0 aliphatic heterocycles. The molecule has 0 aromatic heterocycles. The molecule has 1 aromatic carbocycles. The zero-order valence-electron chi connectivity index (χ0n) is 11.4. The first-order valence-electron chi connectivity index (χ1n) is 6.32. The predicted molar refractivity (Wildman–Crippen MR) is 77.6 cm³/mol. The lowest BCUT2D eigenvalue weighted by Gasteiger charge is -2.21. The van der Waals surface area contributed by atoms with Crippen molar-refractivity contribution in [3.05, 3.63) is 29.8 Å². The van der Waals surface area contributed by atoms with Gasteiger partial charge in [-0.25, -0.2) is 4.79 Å². The van der Waals surface area contributed by atoms with E-state index >= 15 is 0 Å². The van der Waals surface area contributed by atoms with Crippen LogP contribution in [0.3, 0.4) is 0 Å². The summed E-state index contributed by atoms with van der Waals surface area (Å²) in [4.78, 5) is 24.1. The third-order valence-corrected chi connectivity index (χ3v) is 2.66. The number of urea groups is 1. The van der Waals surface area contributed by atoms with Gasteiger partial charge in [-0.15, -0.1) is 12.3 Å². The number of carboxylic acids is 1. The Morgan fingerprint density at radius 1 is 1.35 bits per heavy atom. The van der Waals surface area contributed by atoms with Crippen molar-refractivity contribution in [2.24, 2.45) is 0 Å². The number of hydrogen-bond acceptors (Lipinski definition) is 2. The van der Waals surface area contributed by atoms with E-state index in [2.05, 4.69) is 11.2 Å². The van der Waals surface area contributed by atoms with Crippen LogP contribution in [0.15, 0.2) is 24.3 Å². The molecule has 0 saturated heterocycles. The van der Waals surface area contributed by atoms with Crippen molar-refractivity contribution < 1.29 is 14.7 Å². The molecule has 0 saturated carbocycles. The Morgan fingerprint density at radius 3 is 2.55 bits per heavy atom. The molecule has 0 spiro atoms. The summed E-state index contributed by atoms with van der Waals surface area (Å²) in [7, 11) is 0. The molecule has 20 heavy (non-hydrogen) atoms. The summed E-state index contributed by atoms with van der Waals surface area (Å²) in [5.41, 5.74) is 1.59. The van der Waals surface area contributed by atoms with Crippen molar-refractivity contribution >= 4 is 17.7 Å². The summed E-state index contributed by atoms with van der Waals surface area (Å²) in [6.45, 7) is 1.96. The average molecular weight is 274 g/mol. The first kappa shape index (κ1) is 15.6. The Morgan fingerprint density at radius 2 is 2.00 bits per heavy atom. The number of rotatable bonds is 6. The largest absolute Gasteiger partial charge is 0.480 e. The van der Waals surface area contributed by atoms with E-state index < -0.39 is 12.0 Å². The highest BCUT2D eigenvalue weighted by Gasteiger charge is 2.18. The summed E-state index contributed by atoms with van der Waals surface area (Å²) in [6, 6.07) is 6.66. The maximum absolute atomic E-state index is 12.0. The van der Waals surface area contributed by atoms with Gasteiger partial charge < -0.3 is 10.4 Å². The zero-order valence-corrected chi connectivity index (χ0v) is 11.4. The van der Waals surface area contributed by atoms with Crippen LogP contribution in [-0.4, -0.2) is 30.2 Å². The molecule has 1 aromatic rings. The lowest BCUT2D eigenvalue weighted by atomic mass is 10.2. The number of anilines is 1. The normalized spacial score (nSPS) is 9.60. The molecule has 0 radical (unpaired) electrons. The van der Waals surface area contributed by atoms with Crippen LogP contribution < -0.4 is 10.2 Å². The number of aliphatic carboxylic acids is 1. The number of terminal acetylenes is 1. The fourth-order valence-corrected chi connectivity index (χ4v) is 1.62. The van der Waals surface area contributed by atoms with Crippen molar-refractivity contribution in [2.45, 2.75) is 19.8 Å². The van der Waals surface area contributed by atoms with E-state index in [9.17, 15) is 9.59 Å². The van der Waals surface area contributed by atoms with Gasteiger partial charge in [0.2, 0.25) is 0 Å². The number of carboxylic acid groups (broad SMARTS) is 1. The van der Waals surface area contributed by atoms with Crippen molar-refractivity contribution in [1.29, 1.82) is 0 Å². The van der Waals surface area contributed by atoms with Gasteiger partial charge in [-0.1, -0.05) is 17.7 Å². The molecule has 0 atom stereocenters. The van der Waals surface area contributed by atoms with Gasteiger partial charge in [0.15, 0.2) is 0 Å². The summed E-state index contributed by atoms with van der Waals surface area (Å²) in [6.07, 6.45) is 6.36. The minimum absolute atomic E-state index is 0.385. The summed E-state index contributed by atoms with van der Waals surface area (Å²) in [5.74, 6) is 1.42. The van der Waals surface area contributed by atoms with Gasteiger partial charge in [0.05, 0.1) is 0 Å². The minimum Gasteiger partial charge on any atom is -0.480 e. The number of nitrogens with zero attached hydrogens (tertiary/aromatic N) is 1. The monoisotopic (exact) mass is 274 g/mol. The number of unbranched alkanes of at least 4 members (excludes halogenated alkanes) is 1. The Labute approximate surface area is 118 Å². The SMILES string of the molecule is C#CCCCNC(=O)N(CC(=O)O)c1ccc(C)cc1. The Bertz CT molecular complexity index is 503. The lowest BCUT2D eigenvalue weighted by Crippen LogP contribution is -2.43. The minimum atomic E-state index is -1.07. The molecule has 0 fully saturated rings.